The van der Waals surface area contributed by atoms with Gasteiger partial charge >= 0.3 is 19.8 Å². The third kappa shape index (κ3) is 42.8. The number of allylic oxidation sites excluding steroid dienone is 14. The highest BCUT2D eigenvalue weighted by Gasteiger charge is 2.27. The van der Waals surface area contributed by atoms with Crippen LogP contribution in [0.3, 0.4) is 0 Å². The molecule has 0 amide bonds. The normalized spacial score (nSPS) is 14.3. The molecule has 0 saturated carbocycles. The summed E-state index contributed by atoms with van der Waals surface area (Å²) < 4.78 is 34.2. The van der Waals surface area contributed by atoms with E-state index in [1.807, 2.05) is 33.3 Å². The number of hydrogen-bond donors (Lipinski definition) is 1. The van der Waals surface area contributed by atoms with E-state index >= 15 is 0 Å². The topological polar surface area (TPSA) is 125 Å². The summed E-state index contributed by atoms with van der Waals surface area (Å²) in [6.07, 6.45) is 46.1. The van der Waals surface area contributed by atoms with Gasteiger partial charge in [0.2, 0.25) is 0 Å². The number of quaternary nitrogens is 1. The minimum atomic E-state index is -4.41. The van der Waals surface area contributed by atoms with Gasteiger partial charge in [0.1, 0.15) is 19.8 Å². The molecule has 0 heterocycles. The fourth-order valence-electron chi connectivity index (χ4n) is 5.37. The first kappa shape index (κ1) is 55.9. The highest BCUT2D eigenvalue weighted by molar-refractivity contribution is 7.47. The van der Waals surface area contributed by atoms with Gasteiger partial charge in [-0.25, -0.2) is 4.57 Å². The molecule has 0 rings (SSSR count). The zero-order valence-electron chi connectivity index (χ0n) is 37.4. The van der Waals surface area contributed by atoms with Crippen LogP contribution >= 0.6 is 7.82 Å². The molecule has 336 valence electrons. The van der Waals surface area contributed by atoms with E-state index in [0.29, 0.717) is 30.3 Å². The summed E-state index contributed by atoms with van der Waals surface area (Å²) in [5.74, 6) is -0.735. The number of carbonyl (C=O) groups excluding carboxylic acids is 3. The number of ketones is 1. The number of phosphoric ester groups is 1. The maximum absolute atomic E-state index is 12.7. The van der Waals surface area contributed by atoms with Gasteiger partial charge in [0.15, 0.2) is 11.9 Å². The van der Waals surface area contributed by atoms with Crippen molar-refractivity contribution in [2.24, 2.45) is 0 Å². The lowest BCUT2D eigenvalue weighted by Gasteiger charge is -2.24. The molecular formula is C48H81NO9P+. The first-order valence-corrected chi connectivity index (χ1v) is 23.8. The Balaban J connectivity index is 4.50. The van der Waals surface area contributed by atoms with Gasteiger partial charge in [-0.05, 0) is 83.1 Å². The first-order valence-electron chi connectivity index (χ1n) is 22.3. The lowest BCUT2D eigenvalue weighted by atomic mass is 10.1. The van der Waals surface area contributed by atoms with Crippen molar-refractivity contribution < 1.29 is 46.8 Å². The maximum atomic E-state index is 12.7. The predicted octanol–water partition coefficient (Wildman–Crippen LogP) is 12.0. The van der Waals surface area contributed by atoms with Crippen molar-refractivity contribution in [2.45, 2.75) is 155 Å². The highest BCUT2D eigenvalue weighted by Crippen LogP contribution is 2.43. The zero-order valence-corrected chi connectivity index (χ0v) is 38.3. The molecule has 0 aromatic carbocycles. The molecule has 0 aromatic rings. The number of unbranched alkanes of at least 4 members (excludes halogenated alkanes) is 10. The Morgan fingerprint density at radius 1 is 0.593 bits per heavy atom. The van der Waals surface area contributed by atoms with E-state index in [1.54, 1.807) is 6.08 Å². The number of carbonyl (C=O) groups is 3. The molecule has 0 radical (unpaired) electrons. The molecule has 11 heteroatoms. The second kappa shape index (κ2) is 39.0. The van der Waals surface area contributed by atoms with Crippen LogP contribution < -0.4 is 0 Å². The molecule has 1 unspecified atom stereocenters. The van der Waals surface area contributed by atoms with Crippen LogP contribution in [-0.4, -0.2) is 80.7 Å². The summed E-state index contributed by atoms with van der Waals surface area (Å²) in [6.45, 7) is 4.03. The van der Waals surface area contributed by atoms with Crippen LogP contribution in [0.15, 0.2) is 85.1 Å². The molecule has 0 fully saturated rings. The Morgan fingerprint density at radius 3 is 1.73 bits per heavy atom. The van der Waals surface area contributed by atoms with E-state index in [4.69, 9.17) is 18.5 Å². The van der Waals surface area contributed by atoms with Gasteiger partial charge in [-0.2, -0.15) is 0 Å². The third-order valence-electron chi connectivity index (χ3n) is 8.89. The first-order chi connectivity index (χ1) is 28.4. The Labute approximate surface area is 358 Å². The van der Waals surface area contributed by atoms with Gasteiger partial charge < -0.3 is 18.9 Å². The van der Waals surface area contributed by atoms with E-state index in [2.05, 4.69) is 80.7 Å². The quantitative estimate of drug-likeness (QED) is 0.0122. The van der Waals surface area contributed by atoms with Crippen molar-refractivity contribution in [3.05, 3.63) is 85.1 Å². The molecular weight excluding hydrogens is 765 g/mol. The number of likely N-dealkylation sites (N-methyl/N-ethyl adjacent to an activating group) is 1. The molecule has 0 spiro atoms. The molecule has 1 N–H and O–H groups in total. The van der Waals surface area contributed by atoms with Gasteiger partial charge in [0, 0.05) is 19.3 Å². The van der Waals surface area contributed by atoms with E-state index in [-0.39, 0.29) is 31.8 Å². The Morgan fingerprint density at radius 2 is 1.12 bits per heavy atom. The monoisotopic (exact) mass is 847 g/mol. The summed E-state index contributed by atoms with van der Waals surface area (Å²) in [4.78, 5) is 47.1. The van der Waals surface area contributed by atoms with Crippen molar-refractivity contribution in [3.63, 3.8) is 0 Å². The second-order valence-corrected chi connectivity index (χ2v) is 17.2. The van der Waals surface area contributed by atoms with Crippen LogP contribution in [0.4, 0.5) is 0 Å². The number of hydrogen-bond acceptors (Lipinski definition) is 8. The second-order valence-electron chi connectivity index (χ2n) is 15.7. The SMILES string of the molecule is CC/C=C\C/C=C\C/C=C\C/C=C\C/C=C\CCCCCC(=O)OC[C@H](COP(=O)(O)OCC[N+](C)(C)C)OC(=O)CCCCCCC/C=C\C=C\C(=O)CCCCC. The fourth-order valence-corrected chi connectivity index (χ4v) is 6.11. The van der Waals surface area contributed by atoms with Crippen molar-refractivity contribution in [1.29, 1.82) is 0 Å². The van der Waals surface area contributed by atoms with E-state index in [1.165, 1.54) is 0 Å². The lowest BCUT2D eigenvalue weighted by Crippen LogP contribution is -2.37. The number of phosphoric acid groups is 1. The minimum Gasteiger partial charge on any atom is -0.462 e. The van der Waals surface area contributed by atoms with E-state index < -0.39 is 32.5 Å². The number of esters is 2. The van der Waals surface area contributed by atoms with E-state index in [0.717, 1.165) is 103 Å². The molecule has 10 nitrogen and oxygen atoms in total. The minimum absolute atomic E-state index is 0.00529. The summed E-state index contributed by atoms with van der Waals surface area (Å²) >= 11 is 0. The third-order valence-corrected chi connectivity index (χ3v) is 9.87. The highest BCUT2D eigenvalue weighted by atomic mass is 31.2. The molecule has 0 aliphatic rings. The van der Waals surface area contributed by atoms with Crippen molar-refractivity contribution in [2.75, 3.05) is 47.5 Å². The number of ether oxygens (including phenoxy) is 2. The van der Waals surface area contributed by atoms with Crippen molar-refractivity contribution >= 4 is 25.5 Å². The maximum Gasteiger partial charge on any atom is 0.472 e. The smallest absolute Gasteiger partial charge is 0.462 e. The molecule has 2 atom stereocenters. The lowest BCUT2D eigenvalue weighted by molar-refractivity contribution is -0.870. The Bertz CT molecular complexity index is 1340. The van der Waals surface area contributed by atoms with Gasteiger partial charge in [-0.1, -0.05) is 131 Å². The van der Waals surface area contributed by atoms with Crippen LogP contribution in [0.1, 0.15) is 149 Å². The summed E-state index contributed by atoms with van der Waals surface area (Å²) in [7, 11) is 1.39. The average Bonchev–Trinajstić information content (AvgIpc) is 3.18. The molecule has 0 aliphatic heterocycles. The molecule has 0 bridgehead atoms. The summed E-state index contributed by atoms with van der Waals surface area (Å²) in [5, 5.41) is 0. The molecule has 0 aliphatic carbocycles. The Kier molecular flexibility index (Phi) is 36.9. The van der Waals surface area contributed by atoms with Crippen LogP contribution in [0.25, 0.3) is 0 Å². The van der Waals surface area contributed by atoms with E-state index in [9.17, 15) is 23.8 Å². The zero-order chi connectivity index (χ0) is 43.7. The number of rotatable bonds is 39. The van der Waals surface area contributed by atoms with Gasteiger partial charge in [-0.15, -0.1) is 0 Å². The predicted molar refractivity (Wildman–Crippen MR) is 243 cm³/mol. The summed E-state index contributed by atoms with van der Waals surface area (Å²) in [6, 6.07) is 0. The van der Waals surface area contributed by atoms with Gasteiger partial charge in [0.25, 0.3) is 0 Å². The standard InChI is InChI=1S/C48H80NO9P/c1-6-8-10-11-12-13-14-15-16-17-18-19-20-21-22-25-28-31-35-39-47(51)55-43-46(44-57-59(53,54)56-42-41-49(3,4)5)58-48(52)40-36-32-29-26-23-24-27-30-34-38-45(50)37-33-9-7-2/h8,10,12-13,15-16,18-19,21-22,27,30,34,38,46H,6-7,9,11,14,17,20,23-26,28-29,31-33,35-37,39-44H2,1-5H3/p+1/b10-8-,13-12-,16-15-,19-18-,22-21-,30-27-,38-34+/t46-/m1/s1. The summed E-state index contributed by atoms with van der Waals surface area (Å²) in [5.41, 5.74) is 0. The van der Waals surface area contributed by atoms with Crippen molar-refractivity contribution in [1.82, 2.24) is 0 Å². The van der Waals surface area contributed by atoms with Crippen molar-refractivity contribution in [3.8, 4) is 0 Å². The van der Waals surface area contributed by atoms with Gasteiger partial charge in [-0.3, -0.25) is 23.4 Å². The number of nitrogens with zero attached hydrogens (tertiary/aromatic N) is 1. The fraction of sp³-hybridized carbons (Fsp3) is 0.646. The molecule has 0 saturated heterocycles. The largest absolute Gasteiger partial charge is 0.472 e. The van der Waals surface area contributed by atoms with Crippen LogP contribution in [-0.2, 0) is 37.5 Å². The average molecular weight is 847 g/mol. The van der Waals surface area contributed by atoms with Gasteiger partial charge in [0.05, 0.1) is 27.7 Å². The van der Waals surface area contributed by atoms with Crippen LogP contribution in [0, 0.1) is 0 Å². The Hall–Kier alpha value is -3.14. The molecule has 0 aromatic heterocycles. The van der Waals surface area contributed by atoms with Crippen LogP contribution in [0.2, 0.25) is 0 Å². The molecule has 59 heavy (non-hydrogen) atoms. The van der Waals surface area contributed by atoms with Crippen LogP contribution in [0.5, 0.6) is 0 Å².